The molecule has 2 aromatic carbocycles. The Hall–Kier alpha value is -3.15. The number of para-hydroxylation sites is 1. The second kappa shape index (κ2) is 5.92. The van der Waals surface area contributed by atoms with E-state index in [1.807, 2.05) is 0 Å². The number of nitrogens with zero attached hydrogens (tertiary/aromatic N) is 1. The lowest BCUT2D eigenvalue weighted by Gasteiger charge is -2.12. The van der Waals surface area contributed by atoms with Crippen LogP contribution in [0.5, 0.6) is 0 Å². The molecule has 0 bridgehead atoms. The highest BCUT2D eigenvalue weighted by Crippen LogP contribution is 2.20. The molecule has 1 aromatic heterocycles. The van der Waals surface area contributed by atoms with Gasteiger partial charge in [-0.1, -0.05) is 30.3 Å². The van der Waals surface area contributed by atoms with Crippen molar-refractivity contribution >= 4 is 28.2 Å². The van der Waals surface area contributed by atoms with Crippen molar-refractivity contribution in [2.24, 2.45) is 7.05 Å². The van der Waals surface area contributed by atoms with Gasteiger partial charge >= 0.3 is 6.03 Å². The summed E-state index contributed by atoms with van der Waals surface area (Å²) in [5.41, 5.74) is 0.399. The van der Waals surface area contributed by atoms with Gasteiger partial charge < -0.3 is 15.2 Å². The zero-order valence-electron chi connectivity index (χ0n) is 12.3. The smallest absolute Gasteiger partial charge is 0.316 e. The Morgan fingerprint density at radius 1 is 0.957 bits per heavy atom. The first-order valence-electron chi connectivity index (χ1n) is 6.97. The van der Waals surface area contributed by atoms with Gasteiger partial charge in [-0.25, -0.2) is 9.18 Å². The minimum atomic E-state index is -0.584. The Bertz CT molecular complexity index is 950. The minimum Gasteiger partial charge on any atom is -0.316 e. The quantitative estimate of drug-likeness (QED) is 0.762. The van der Waals surface area contributed by atoms with Crippen LogP contribution >= 0.6 is 0 Å². The Morgan fingerprint density at radius 3 is 2.30 bits per heavy atom. The van der Waals surface area contributed by atoms with E-state index >= 15 is 0 Å². The highest BCUT2D eigenvalue weighted by molar-refractivity contribution is 6.05. The summed E-state index contributed by atoms with van der Waals surface area (Å²) in [6, 6.07) is 12.3. The third-order valence-electron chi connectivity index (χ3n) is 3.46. The van der Waals surface area contributed by atoms with E-state index in [0.29, 0.717) is 16.5 Å². The van der Waals surface area contributed by atoms with Crippen molar-refractivity contribution in [1.29, 1.82) is 0 Å². The van der Waals surface area contributed by atoms with Crippen LogP contribution in [0.4, 0.5) is 20.6 Å². The molecule has 0 spiro atoms. The van der Waals surface area contributed by atoms with Crippen LogP contribution in [-0.2, 0) is 7.05 Å². The highest BCUT2D eigenvalue weighted by atomic mass is 19.1. The van der Waals surface area contributed by atoms with Crippen LogP contribution in [0.1, 0.15) is 0 Å². The lowest BCUT2D eigenvalue weighted by molar-refractivity contribution is 0.262. The number of nitrogens with one attached hydrogen (secondary N) is 2. The molecule has 0 saturated carbocycles. The van der Waals surface area contributed by atoms with Crippen molar-refractivity contribution < 1.29 is 9.18 Å². The summed E-state index contributed by atoms with van der Waals surface area (Å²) < 4.78 is 15.0. The predicted molar refractivity (Wildman–Crippen MR) is 88.2 cm³/mol. The molecule has 3 rings (SSSR count). The number of urea groups is 1. The topological polar surface area (TPSA) is 63.1 Å². The van der Waals surface area contributed by atoms with Crippen molar-refractivity contribution in [3.63, 3.8) is 0 Å². The molecule has 0 aliphatic carbocycles. The molecule has 2 amide bonds. The summed E-state index contributed by atoms with van der Waals surface area (Å²) in [6.45, 7) is 0. The first kappa shape index (κ1) is 14.8. The number of carbonyl (C=O) groups is 1. The molecular weight excluding hydrogens is 297 g/mol. The van der Waals surface area contributed by atoms with E-state index in [1.54, 1.807) is 43.4 Å². The maximum atomic E-state index is 13.6. The molecule has 23 heavy (non-hydrogen) atoms. The molecule has 1 heterocycles. The van der Waals surface area contributed by atoms with E-state index in [-0.39, 0.29) is 11.2 Å². The summed E-state index contributed by atoms with van der Waals surface area (Å²) in [7, 11) is 1.61. The normalized spacial score (nSPS) is 10.5. The van der Waals surface area contributed by atoms with E-state index < -0.39 is 11.8 Å². The van der Waals surface area contributed by atoms with Crippen molar-refractivity contribution in [3.8, 4) is 0 Å². The summed E-state index contributed by atoms with van der Waals surface area (Å²) in [5.74, 6) is -0.520. The summed E-state index contributed by atoms with van der Waals surface area (Å²) in [4.78, 5) is 24.2. The second-order valence-corrected chi connectivity index (χ2v) is 5.06. The van der Waals surface area contributed by atoms with Gasteiger partial charge in [0, 0.05) is 24.0 Å². The van der Waals surface area contributed by atoms with Crippen LogP contribution in [-0.4, -0.2) is 10.6 Å². The van der Waals surface area contributed by atoms with Crippen molar-refractivity contribution in [1.82, 2.24) is 4.57 Å². The number of amides is 2. The van der Waals surface area contributed by atoms with Crippen molar-refractivity contribution in [2.75, 3.05) is 10.6 Å². The molecule has 0 fully saturated rings. The number of aryl methyl sites for hydroxylation is 1. The molecule has 116 valence electrons. The van der Waals surface area contributed by atoms with Gasteiger partial charge in [0.2, 0.25) is 0 Å². The molecule has 0 atom stereocenters. The first-order valence-corrected chi connectivity index (χ1v) is 6.97. The van der Waals surface area contributed by atoms with Crippen LogP contribution in [0.3, 0.4) is 0 Å². The van der Waals surface area contributed by atoms with Crippen molar-refractivity contribution in [3.05, 3.63) is 70.9 Å². The molecule has 5 nitrogen and oxygen atoms in total. The van der Waals surface area contributed by atoms with Crippen LogP contribution in [0.2, 0.25) is 0 Å². The molecule has 0 radical (unpaired) electrons. The van der Waals surface area contributed by atoms with Gasteiger partial charge in [-0.15, -0.1) is 0 Å². The van der Waals surface area contributed by atoms with Gasteiger partial charge in [-0.2, -0.15) is 0 Å². The lowest BCUT2D eigenvalue weighted by Crippen LogP contribution is -2.23. The summed E-state index contributed by atoms with van der Waals surface area (Å²) in [6.07, 6.45) is 1.53. The van der Waals surface area contributed by atoms with Crippen LogP contribution in [0.25, 0.3) is 10.8 Å². The third kappa shape index (κ3) is 2.91. The average Bonchev–Trinajstić information content (AvgIpc) is 2.54. The fourth-order valence-electron chi connectivity index (χ4n) is 2.35. The van der Waals surface area contributed by atoms with Gasteiger partial charge in [-0.05, 0) is 18.2 Å². The molecule has 6 heteroatoms. The Balaban J connectivity index is 1.93. The van der Waals surface area contributed by atoms with E-state index in [0.717, 1.165) is 0 Å². The minimum absolute atomic E-state index is 0.0825. The van der Waals surface area contributed by atoms with Crippen LogP contribution in [0, 0.1) is 5.82 Å². The Kier molecular flexibility index (Phi) is 3.80. The molecule has 0 aliphatic rings. The highest BCUT2D eigenvalue weighted by Gasteiger charge is 2.11. The maximum Gasteiger partial charge on any atom is 0.323 e. The van der Waals surface area contributed by atoms with Crippen molar-refractivity contribution in [2.45, 2.75) is 0 Å². The van der Waals surface area contributed by atoms with Gasteiger partial charge in [0.15, 0.2) is 0 Å². The fourth-order valence-corrected chi connectivity index (χ4v) is 2.35. The number of hydrogen-bond donors (Lipinski definition) is 2. The van der Waals surface area contributed by atoms with Gasteiger partial charge in [0.05, 0.1) is 11.4 Å². The van der Waals surface area contributed by atoms with Gasteiger partial charge in [-0.3, -0.25) is 4.79 Å². The van der Waals surface area contributed by atoms with E-state index in [4.69, 9.17) is 0 Å². The molecule has 0 aliphatic heterocycles. The number of pyridine rings is 1. The number of anilines is 2. The fraction of sp³-hybridized carbons (Fsp3) is 0.0588. The summed E-state index contributed by atoms with van der Waals surface area (Å²) in [5, 5.41) is 6.22. The largest absolute Gasteiger partial charge is 0.323 e. The number of rotatable bonds is 2. The predicted octanol–water partition coefficient (Wildman–Crippen LogP) is 3.32. The molecular formula is C17H14FN3O2. The van der Waals surface area contributed by atoms with Crippen LogP contribution < -0.4 is 16.2 Å². The van der Waals surface area contributed by atoms with Gasteiger partial charge in [0.25, 0.3) is 5.56 Å². The van der Waals surface area contributed by atoms with Gasteiger partial charge in [0.1, 0.15) is 5.82 Å². The second-order valence-electron chi connectivity index (χ2n) is 5.06. The summed E-state index contributed by atoms with van der Waals surface area (Å²) >= 11 is 0. The Morgan fingerprint density at radius 2 is 1.57 bits per heavy atom. The number of hydrogen-bond acceptors (Lipinski definition) is 2. The zero-order valence-corrected chi connectivity index (χ0v) is 12.3. The number of aromatic nitrogens is 1. The number of halogens is 1. The maximum absolute atomic E-state index is 13.6. The molecule has 2 N–H and O–H groups in total. The van der Waals surface area contributed by atoms with Crippen LogP contribution in [0.15, 0.2) is 59.5 Å². The number of benzene rings is 2. The molecule has 0 unspecified atom stereocenters. The first-order chi connectivity index (χ1) is 11.1. The average molecular weight is 311 g/mol. The number of fused-ring (bicyclic) bond motifs is 1. The standard InChI is InChI=1S/C17H14FN3O2/c1-21-10-15(11-6-2-3-7-12(11)16(21)22)20-17(23)19-14-9-5-4-8-13(14)18/h2-10H,1H3,(H2,19,20,23). The van der Waals surface area contributed by atoms with E-state index in [1.165, 1.54) is 22.9 Å². The monoisotopic (exact) mass is 311 g/mol. The third-order valence-corrected chi connectivity index (χ3v) is 3.46. The molecule has 3 aromatic rings. The lowest BCUT2D eigenvalue weighted by atomic mass is 10.1. The SMILES string of the molecule is Cn1cc(NC(=O)Nc2ccccc2F)c2ccccc2c1=O. The van der Waals surface area contributed by atoms with E-state index in [2.05, 4.69) is 10.6 Å². The number of carbonyl (C=O) groups excluding carboxylic acids is 1. The van der Waals surface area contributed by atoms with E-state index in [9.17, 15) is 14.0 Å². The zero-order chi connectivity index (χ0) is 16.4. The Labute approximate surface area is 131 Å². The molecule has 0 saturated heterocycles.